The van der Waals surface area contributed by atoms with Crippen LogP contribution in [0.1, 0.15) is 40.3 Å². The Balaban J connectivity index is 1.14. The largest absolute Gasteiger partial charge is 0.456 e. The van der Waals surface area contributed by atoms with Crippen LogP contribution in [0, 0.1) is 6.92 Å². The Morgan fingerprint density at radius 1 is 1.00 bits per heavy atom. The molecule has 0 unspecified atom stereocenters. The van der Waals surface area contributed by atoms with Crippen LogP contribution in [-0.2, 0) is 36.9 Å². The van der Waals surface area contributed by atoms with Gasteiger partial charge < -0.3 is 19.5 Å². The standard InChI is InChI=1S/C33H36F3N5O2/c1-3-39-12-14-40(15-13-39)20-25-5-4-23(16-29(25)33(34,35)36)17-30(42)41-11-9-24-6-7-27(18-26(24)21-41)43-31-22(2)19-38-32-28(31)8-10-37-32/h4-8,10,16,18-19H,3,9,11-15,17,20-21H2,1-2H3,(H,37,38). The minimum atomic E-state index is -4.49. The molecule has 1 saturated heterocycles. The van der Waals surface area contributed by atoms with Crippen LogP contribution in [0.15, 0.2) is 54.9 Å². The molecular weight excluding hydrogens is 555 g/mol. The predicted octanol–water partition coefficient (Wildman–Crippen LogP) is 5.95. The molecule has 2 aromatic heterocycles. The smallest absolute Gasteiger partial charge is 0.416 e. The molecule has 7 nitrogen and oxygen atoms in total. The first-order chi connectivity index (χ1) is 20.7. The van der Waals surface area contributed by atoms with Crippen LogP contribution in [0.25, 0.3) is 11.0 Å². The molecule has 2 aromatic carbocycles. The van der Waals surface area contributed by atoms with Gasteiger partial charge in [-0.05, 0) is 66.4 Å². The summed E-state index contributed by atoms with van der Waals surface area (Å²) in [6, 6.07) is 12.2. The van der Waals surface area contributed by atoms with E-state index < -0.39 is 11.7 Å². The summed E-state index contributed by atoms with van der Waals surface area (Å²) in [5.74, 6) is 1.20. The average Bonchev–Trinajstić information content (AvgIpc) is 3.48. The number of carbonyl (C=O) groups excluding carboxylic acids is 1. The number of carbonyl (C=O) groups is 1. The van der Waals surface area contributed by atoms with Gasteiger partial charge in [-0.3, -0.25) is 9.69 Å². The number of H-pyrrole nitrogens is 1. The van der Waals surface area contributed by atoms with Gasteiger partial charge in [0, 0.05) is 63.8 Å². The highest BCUT2D eigenvalue weighted by atomic mass is 19.4. The van der Waals surface area contributed by atoms with Gasteiger partial charge in [0.05, 0.1) is 17.4 Å². The van der Waals surface area contributed by atoms with Crippen molar-refractivity contribution in [2.75, 3.05) is 39.3 Å². The van der Waals surface area contributed by atoms with Gasteiger partial charge in [0.2, 0.25) is 5.91 Å². The number of benzene rings is 2. The first kappa shape index (κ1) is 29.2. The van der Waals surface area contributed by atoms with Crippen molar-refractivity contribution >= 4 is 16.9 Å². The number of alkyl halides is 3. The Morgan fingerprint density at radius 3 is 2.56 bits per heavy atom. The lowest BCUT2D eigenvalue weighted by molar-refractivity contribution is -0.138. The van der Waals surface area contributed by atoms with Crippen LogP contribution >= 0.6 is 0 Å². The average molecular weight is 592 g/mol. The zero-order chi connectivity index (χ0) is 30.1. The summed E-state index contributed by atoms with van der Waals surface area (Å²) in [5, 5.41) is 0.887. The van der Waals surface area contributed by atoms with E-state index in [0.29, 0.717) is 30.8 Å². The van der Waals surface area contributed by atoms with Crippen LogP contribution in [0.3, 0.4) is 0 Å². The van der Waals surface area contributed by atoms with E-state index in [2.05, 4.69) is 26.7 Å². The highest BCUT2D eigenvalue weighted by Gasteiger charge is 2.34. The molecule has 6 rings (SSSR count). The van der Waals surface area contributed by atoms with E-state index in [4.69, 9.17) is 4.74 Å². The van der Waals surface area contributed by atoms with Gasteiger partial charge in [-0.15, -0.1) is 0 Å². The van der Waals surface area contributed by atoms with E-state index >= 15 is 0 Å². The molecule has 1 fully saturated rings. The van der Waals surface area contributed by atoms with Crippen LogP contribution in [-0.4, -0.2) is 69.8 Å². The minimum Gasteiger partial charge on any atom is -0.456 e. The van der Waals surface area contributed by atoms with Gasteiger partial charge in [0.1, 0.15) is 17.1 Å². The van der Waals surface area contributed by atoms with E-state index in [1.165, 1.54) is 0 Å². The number of aromatic amines is 1. The van der Waals surface area contributed by atoms with Crippen LogP contribution in [0.4, 0.5) is 13.2 Å². The van der Waals surface area contributed by atoms with Crippen molar-refractivity contribution in [3.05, 3.63) is 88.2 Å². The summed E-state index contributed by atoms with van der Waals surface area (Å²) >= 11 is 0. The molecule has 0 radical (unpaired) electrons. The van der Waals surface area contributed by atoms with Gasteiger partial charge in [0.25, 0.3) is 0 Å². The lowest BCUT2D eigenvalue weighted by Crippen LogP contribution is -2.45. The lowest BCUT2D eigenvalue weighted by Gasteiger charge is -2.34. The zero-order valence-electron chi connectivity index (χ0n) is 24.5. The van der Waals surface area contributed by atoms with Crippen molar-refractivity contribution < 1.29 is 22.7 Å². The fourth-order valence-electron chi connectivity index (χ4n) is 6.07. The highest BCUT2D eigenvalue weighted by molar-refractivity contribution is 5.84. The predicted molar refractivity (Wildman–Crippen MR) is 159 cm³/mol. The van der Waals surface area contributed by atoms with Crippen molar-refractivity contribution in [1.29, 1.82) is 0 Å². The SMILES string of the molecule is CCN1CCN(Cc2ccc(CC(=O)N3CCc4ccc(Oc5c(C)cnc6[nH]ccc56)cc4C3)cc2C(F)(F)F)CC1. The molecule has 4 aromatic rings. The minimum absolute atomic E-state index is 0.0776. The number of nitrogens with one attached hydrogen (secondary N) is 1. The first-order valence-corrected chi connectivity index (χ1v) is 14.8. The van der Waals surface area contributed by atoms with Crippen molar-refractivity contribution in [2.45, 2.75) is 46.0 Å². The number of nitrogens with zero attached hydrogens (tertiary/aromatic N) is 4. The maximum absolute atomic E-state index is 14.1. The van der Waals surface area contributed by atoms with Gasteiger partial charge in [-0.1, -0.05) is 25.1 Å². The number of pyridine rings is 1. The number of halogens is 3. The van der Waals surface area contributed by atoms with Gasteiger partial charge >= 0.3 is 6.18 Å². The molecule has 4 heterocycles. The fraction of sp³-hybridized carbons (Fsp3) is 0.394. The number of rotatable bonds is 7. The van der Waals surface area contributed by atoms with Crippen molar-refractivity contribution in [3.8, 4) is 11.5 Å². The third kappa shape index (κ3) is 6.40. The second-order valence-corrected chi connectivity index (χ2v) is 11.5. The van der Waals surface area contributed by atoms with Crippen molar-refractivity contribution in [2.24, 2.45) is 0 Å². The van der Waals surface area contributed by atoms with Gasteiger partial charge in [0.15, 0.2) is 0 Å². The van der Waals surface area contributed by atoms with E-state index in [1.807, 2.05) is 37.4 Å². The monoisotopic (exact) mass is 591 g/mol. The Morgan fingerprint density at radius 2 is 1.79 bits per heavy atom. The summed E-state index contributed by atoms with van der Waals surface area (Å²) in [7, 11) is 0. The highest BCUT2D eigenvalue weighted by Crippen LogP contribution is 2.35. The van der Waals surface area contributed by atoms with E-state index in [-0.39, 0.29) is 24.4 Å². The molecule has 0 saturated carbocycles. The Labute approximate surface area is 249 Å². The molecule has 10 heteroatoms. The number of amides is 1. The van der Waals surface area contributed by atoms with Crippen molar-refractivity contribution in [1.82, 2.24) is 24.7 Å². The van der Waals surface area contributed by atoms with Gasteiger partial charge in [-0.2, -0.15) is 13.2 Å². The van der Waals surface area contributed by atoms with Gasteiger partial charge in [-0.25, -0.2) is 4.98 Å². The summed E-state index contributed by atoms with van der Waals surface area (Å²) in [4.78, 5) is 26.9. The third-order valence-electron chi connectivity index (χ3n) is 8.62. The quantitative estimate of drug-likeness (QED) is 0.288. The molecule has 1 N–H and O–H groups in total. The molecule has 2 aliphatic heterocycles. The number of aromatic nitrogens is 2. The second-order valence-electron chi connectivity index (χ2n) is 11.5. The molecule has 1 amide bonds. The topological polar surface area (TPSA) is 64.7 Å². The molecule has 0 aliphatic carbocycles. The summed E-state index contributed by atoms with van der Waals surface area (Å²) in [6.07, 6.45) is -0.307. The third-order valence-corrected chi connectivity index (χ3v) is 8.62. The van der Waals surface area contributed by atoms with Crippen molar-refractivity contribution in [3.63, 3.8) is 0 Å². The summed E-state index contributed by atoms with van der Waals surface area (Å²) < 4.78 is 48.6. The molecule has 0 bridgehead atoms. The fourth-order valence-corrected chi connectivity index (χ4v) is 6.07. The molecule has 2 aliphatic rings. The maximum atomic E-state index is 14.1. The Bertz CT molecular complexity index is 1620. The van der Waals surface area contributed by atoms with E-state index in [1.54, 1.807) is 23.2 Å². The number of aryl methyl sites for hydroxylation is 1. The van der Waals surface area contributed by atoms with E-state index in [0.717, 1.165) is 72.3 Å². The second kappa shape index (κ2) is 12.0. The Kier molecular flexibility index (Phi) is 8.15. The molecule has 226 valence electrons. The molecule has 43 heavy (non-hydrogen) atoms. The van der Waals surface area contributed by atoms with E-state index in [9.17, 15) is 18.0 Å². The van der Waals surface area contributed by atoms with Crippen LogP contribution in [0.2, 0.25) is 0 Å². The molecule has 0 spiro atoms. The molecular formula is C33H36F3N5O2. The zero-order valence-corrected chi connectivity index (χ0v) is 24.5. The Hall–Kier alpha value is -3.89. The maximum Gasteiger partial charge on any atom is 0.416 e. The number of hydrogen-bond acceptors (Lipinski definition) is 5. The first-order valence-electron chi connectivity index (χ1n) is 14.8. The molecule has 0 atom stereocenters. The van der Waals surface area contributed by atoms with Crippen LogP contribution in [0.5, 0.6) is 11.5 Å². The summed E-state index contributed by atoms with van der Waals surface area (Å²) in [5.41, 5.74) is 3.75. The number of hydrogen-bond donors (Lipinski definition) is 1. The normalized spacial score (nSPS) is 16.4. The number of fused-ring (bicyclic) bond motifs is 2. The summed E-state index contributed by atoms with van der Waals surface area (Å²) in [6.45, 7) is 9.35. The lowest BCUT2D eigenvalue weighted by atomic mass is 9.97. The van der Waals surface area contributed by atoms with Crippen LogP contribution < -0.4 is 4.74 Å². The number of piperazine rings is 1. The number of likely N-dealkylation sites (N-methyl/N-ethyl adjacent to an activating group) is 1. The number of ether oxygens (including phenoxy) is 1.